The molecule has 0 spiro atoms. The molecule has 0 atom stereocenters. The van der Waals surface area contributed by atoms with E-state index in [0.717, 1.165) is 31.5 Å². The van der Waals surface area contributed by atoms with Crippen LogP contribution < -0.4 is 11.1 Å². The molecule has 0 bridgehead atoms. The van der Waals surface area contributed by atoms with Gasteiger partial charge in [0.1, 0.15) is 5.82 Å². The molecule has 0 unspecified atom stereocenters. The third-order valence-electron chi connectivity index (χ3n) is 3.39. The Kier molecular flexibility index (Phi) is 3.03. The van der Waals surface area contributed by atoms with E-state index in [1.54, 1.807) is 12.1 Å². The predicted molar refractivity (Wildman–Crippen MR) is 59.2 cm³/mol. The quantitative estimate of drug-likeness (QED) is 0.771. The van der Waals surface area contributed by atoms with Gasteiger partial charge in [0.2, 0.25) is 0 Å². The number of rotatable bonds is 2. The van der Waals surface area contributed by atoms with Crippen LogP contribution in [0.5, 0.6) is 0 Å². The van der Waals surface area contributed by atoms with Crippen molar-refractivity contribution in [2.24, 2.45) is 5.73 Å². The SMILES string of the molecule is NCC1(c2cccc(F)c2)CCNCC1. The highest BCUT2D eigenvalue weighted by atomic mass is 19.1. The molecular formula is C12H17FN2. The average Bonchev–Trinajstić information content (AvgIpc) is 2.30. The van der Waals surface area contributed by atoms with Crippen molar-refractivity contribution in [3.8, 4) is 0 Å². The van der Waals surface area contributed by atoms with Crippen LogP contribution in [0, 0.1) is 5.82 Å². The van der Waals surface area contributed by atoms with Crippen LogP contribution in [0.1, 0.15) is 18.4 Å². The Morgan fingerprint density at radius 1 is 1.33 bits per heavy atom. The highest BCUT2D eigenvalue weighted by molar-refractivity contribution is 5.27. The second kappa shape index (κ2) is 4.29. The number of nitrogens with two attached hydrogens (primary N) is 1. The fraction of sp³-hybridized carbons (Fsp3) is 0.500. The zero-order valence-electron chi connectivity index (χ0n) is 8.80. The summed E-state index contributed by atoms with van der Waals surface area (Å²) in [5.41, 5.74) is 6.90. The summed E-state index contributed by atoms with van der Waals surface area (Å²) in [7, 11) is 0. The molecule has 1 aromatic rings. The average molecular weight is 208 g/mol. The van der Waals surface area contributed by atoms with Gasteiger partial charge in [-0.25, -0.2) is 4.39 Å². The van der Waals surface area contributed by atoms with Crippen molar-refractivity contribution in [1.82, 2.24) is 5.32 Å². The van der Waals surface area contributed by atoms with Gasteiger partial charge in [-0.2, -0.15) is 0 Å². The minimum atomic E-state index is -0.168. The van der Waals surface area contributed by atoms with Crippen molar-refractivity contribution < 1.29 is 4.39 Å². The molecule has 2 nitrogen and oxygen atoms in total. The van der Waals surface area contributed by atoms with Crippen LogP contribution >= 0.6 is 0 Å². The standard InChI is InChI=1S/C12H17FN2/c13-11-3-1-2-10(8-11)12(9-14)4-6-15-7-5-12/h1-3,8,15H,4-7,9,14H2. The third-order valence-corrected chi connectivity index (χ3v) is 3.39. The van der Waals surface area contributed by atoms with Gasteiger partial charge in [-0.1, -0.05) is 12.1 Å². The predicted octanol–water partition coefficient (Wildman–Crippen LogP) is 1.41. The van der Waals surface area contributed by atoms with Gasteiger partial charge in [0.05, 0.1) is 0 Å². The number of piperidine rings is 1. The Labute approximate surface area is 89.7 Å². The highest BCUT2D eigenvalue weighted by Gasteiger charge is 2.32. The number of hydrogen-bond donors (Lipinski definition) is 2. The maximum atomic E-state index is 13.2. The van der Waals surface area contributed by atoms with E-state index < -0.39 is 0 Å². The summed E-state index contributed by atoms with van der Waals surface area (Å²) >= 11 is 0. The van der Waals surface area contributed by atoms with Crippen LogP contribution in [0.4, 0.5) is 4.39 Å². The molecule has 1 heterocycles. The fourth-order valence-corrected chi connectivity index (χ4v) is 2.33. The highest BCUT2D eigenvalue weighted by Crippen LogP contribution is 2.32. The fourth-order valence-electron chi connectivity index (χ4n) is 2.33. The number of hydrogen-bond acceptors (Lipinski definition) is 2. The third kappa shape index (κ3) is 2.03. The molecule has 1 aliphatic heterocycles. The van der Waals surface area contributed by atoms with Gasteiger partial charge in [0, 0.05) is 12.0 Å². The van der Waals surface area contributed by atoms with Gasteiger partial charge < -0.3 is 11.1 Å². The molecule has 0 radical (unpaired) electrons. The van der Waals surface area contributed by atoms with Gasteiger partial charge >= 0.3 is 0 Å². The lowest BCUT2D eigenvalue weighted by Gasteiger charge is -2.37. The Morgan fingerprint density at radius 2 is 2.07 bits per heavy atom. The zero-order chi connectivity index (χ0) is 10.7. The first-order valence-electron chi connectivity index (χ1n) is 5.44. The molecule has 3 heteroatoms. The van der Waals surface area contributed by atoms with Crippen molar-refractivity contribution in [2.75, 3.05) is 19.6 Å². The molecule has 0 aliphatic carbocycles. The first-order valence-corrected chi connectivity index (χ1v) is 5.44. The van der Waals surface area contributed by atoms with E-state index >= 15 is 0 Å². The second-order valence-corrected chi connectivity index (χ2v) is 4.24. The molecule has 0 aromatic heterocycles. The number of benzene rings is 1. The first-order chi connectivity index (χ1) is 7.27. The number of nitrogens with one attached hydrogen (secondary N) is 1. The Balaban J connectivity index is 2.32. The lowest BCUT2D eigenvalue weighted by molar-refractivity contribution is 0.314. The molecule has 0 amide bonds. The molecule has 1 fully saturated rings. The van der Waals surface area contributed by atoms with Gasteiger partial charge in [-0.3, -0.25) is 0 Å². The Morgan fingerprint density at radius 3 is 2.67 bits per heavy atom. The van der Waals surface area contributed by atoms with E-state index in [4.69, 9.17) is 5.73 Å². The lowest BCUT2D eigenvalue weighted by Crippen LogP contribution is -2.44. The number of halogens is 1. The van der Waals surface area contributed by atoms with Crippen molar-refractivity contribution >= 4 is 0 Å². The van der Waals surface area contributed by atoms with Gasteiger partial charge in [0.25, 0.3) is 0 Å². The molecule has 82 valence electrons. The molecule has 2 rings (SSSR count). The van der Waals surface area contributed by atoms with Crippen molar-refractivity contribution in [3.05, 3.63) is 35.6 Å². The normalized spacial score (nSPS) is 20.1. The summed E-state index contributed by atoms with van der Waals surface area (Å²) in [5.74, 6) is -0.168. The molecule has 1 aliphatic rings. The molecular weight excluding hydrogens is 191 g/mol. The van der Waals surface area contributed by atoms with E-state index in [9.17, 15) is 4.39 Å². The molecule has 15 heavy (non-hydrogen) atoms. The van der Waals surface area contributed by atoms with Crippen molar-refractivity contribution in [3.63, 3.8) is 0 Å². The van der Waals surface area contributed by atoms with Gasteiger partial charge in [0.15, 0.2) is 0 Å². The molecule has 1 saturated heterocycles. The van der Waals surface area contributed by atoms with E-state index in [0.29, 0.717) is 6.54 Å². The van der Waals surface area contributed by atoms with Crippen LogP contribution in [0.3, 0.4) is 0 Å². The van der Waals surface area contributed by atoms with Crippen molar-refractivity contribution in [1.29, 1.82) is 0 Å². The van der Waals surface area contributed by atoms with E-state index in [1.165, 1.54) is 6.07 Å². The van der Waals surface area contributed by atoms with Gasteiger partial charge in [-0.15, -0.1) is 0 Å². The topological polar surface area (TPSA) is 38.0 Å². The monoisotopic (exact) mass is 208 g/mol. The molecule has 3 N–H and O–H groups in total. The van der Waals surface area contributed by atoms with E-state index in [2.05, 4.69) is 5.32 Å². The summed E-state index contributed by atoms with van der Waals surface area (Å²) in [5, 5.41) is 3.31. The molecule has 1 aromatic carbocycles. The minimum Gasteiger partial charge on any atom is -0.330 e. The lowest BCUT2D eigenvalue weighted by atomic mass is 9.73. The second-order valence-electron chi connectivity index (χ2n) is 4.24. The Bertz CT molecular complexity index is 332. The smallest absolute Gasteiger partial charge is 0.123 e. The van der Waals surface area contributed by atoms with Crippen LogP contribution in [0.25, 0.3) is 0 Å². The summed E-state index contributed by atoms with van der Waals surface area (Å²) in [6, 6.07) is 6.86. The van der Waals surface area contributed by atoms with Crippen LogP contribution in [0.2, 0.25) is 0 Å². The first kappa shape index (κ1) is 10.6. The van der Waals surface area contributed by atoms with E-state index in [1.807, 2.05) is 6.07 Å². The summed E-state index contributed by atoms with van der Waals surface area (Å²) in [4.78, 5) is 0. The minimum absolute atomic E-state index is 0.0205. The largest absolute Gasteiger partial charge is 0.330 e. The van der Waals surface area contributed by atoms with E-state index in [-0.39, 0.29) is 11.2 Å². The van der Waals surface area contributed by atoms with Crippen LogP contribution in [0.15, 0.2) is 24.3 Å². The Hall–Kier alpha value is -0.930. The molecule has 0 saturated carbocycles. The maximum absolute atomic E-state index is 13.2. The van der Waals surface area contributed by atoms with Crippen LogP contribution in [-0.4, -0.2) is 19.6 Å². The van der Waals surface area contributed by atoms with Crippen molar-refractivity contribution in [2.45, 2.75) is 18.3 Å². The summed E-state index contributed by atoms with van der Waals surface area (Å²) in [6.07, 6.45) is 1.99. The maximum Gasteiger partial charge on any atom is 0.123 e. The zero-order valence-corrected chi connectivity index (χ0v) is 8.80. The summed E-state index contributed by atoms with van der Waals surface area (Å²) in [6.45, 7) is 2.53. The van der Waals surface area contributed by atoms with Gasteiger partial charge in [-0.05, 0) is 43.6 Å². The van der Waals surface area contributed by atoms with Crippen LogP contribution in [-0.2, 0) is 5.41 Å². The summed E-state index contributed by atoms with van der Waals surface area (Å²) < 4.78 is 13.2.